The van der Waals surface area contributed by atoms with Crippen LogP contribution >= 0.6 is 0 Å². The SMILES string of the molecule is CCC(C)c1ccc(S(=O)(=O)N2CCN(C(=O)c3cccnc3)CC2)cc1. The van der Waals surface area contributed by atoms with E-state index in [2.05, 4.69) is 18.8 Å². The Kier molecular flexibility index (Phi) is 5.92. The molecule has 0 aliphatic carbocycles. The van der Waals surface area contributed by atoms with E-state index in [9.17, 15) is 13.2 Å². The lowest BCUT2D eigenvalue weighted by atomic mass is 9.99. The molecule has 0 saturated carbocycles. The number of benzene rings is 1. The molecule has 0 bridgehead atoms. The first-order chi connectivity index (χ1) is 12.9. The van der Waals surface area contributed by atoms with Crippen LogP contribution in [0.15, 0.2) is 53.7 Å². The van der Waals surface area contributed by atoms with Crippen molar-refractivity contribution in [2.24, 2.45) is 0 Å². The lowest BCUT2D eigenvalue weighted by Crippen LogP contribution is -2.50. The second-order valence-corrected chi connectivity index (χ2v) is 8.75. The molecule has 1 aromatic heterocycles. The van der Waals surface area contributed by atoms with Crippen LogP contribution in [-0.4, -0.2) is 54.7 Å². The molecule has 0 spiro atoms. The topological polar surface area (TPSA) is 70.6 Å². The molecule has 3 rings (SSSR count). The van der Waals surface area contributed by atoms with Crippen LogP contribution < -0.4 is 0 Å². The smallest absolute Gasteiger partial charge is 0.255 e. The number of carbonyl (C=O) groups excluding carboxylic acids is 1. The highest BCUT2D eigenvalue weighted by atomic mass is 32.2. The molecular formula is C20H25N3O3S. The number of aromatic nitrogens is 1. The third-order valence-corrected chi connectivity index (χ3v) is 7.05. The molecule has 6 nitrogen and oxygen atoms in total. The molecule has 2 aromatic rings. The van der Waals surface area contributed by atoms with E-state index in [0.29, 0.717) is 42.6 Å². The Morgan fingerprint density at radius 2 is 1.78 bits per heavy atom. The predicted molar refractivity (Wildman–Crippen MR) is 104 cm³/mol. The van der Waals surface area contributed by atoms with Crippen LogP contribution in [0.2, 0.25) is 0 Å². The summed E-state index contributed by atoms with van der Waals surface area (Å²) in [5.74, 6) is 0.293. The molecule has 1 fully saturated rings. The van der Waals surface area contributed by atoms with Crippen LogP contribution in [0.3, 0.4) is 0 Å². The maximum Gasteiger partial charge on any atom is 0.255 e. The van der Waals surface area contributed by atoms with E-state index in [-0.39, 0.29) is 5.91 Å². The van der Waals surface area contributed by atoms with Gasteiger partial charge in [-0.2, -0.15) is 4.31 Å². The molecule has 1 aliphatic rings. The Morgan fingerprint density at radius 1 is 1.11 bits per heavy atom. The van der Waals surface area contributed by atoms with Gasteiger partial charge in [-0.3, -0.25) is 9.78 Å². The van der Waals surface area contributed by atoms with Gasteiger partial charge in [0.05, 0.1) is 10.5 Å². The standard InChI is InChI=1S/C20H25N3O3S/c1-3-16(2)17-6-8-19(9-7-17)27(25,26)23-13-11-22(12-14-23)20(24)18-5-4-10-21-15-18/h4-10,15-16H,3,11-14H2,1-2H3. The third kappa shape index (κ3) is 4.20. The molecule has 1 aliphatic heterocycles. The molecular weight excluding hydrogens is 362 g/mol. The highest BCUT2D eigenvalue weighted by Crippen LogP contribution is 2.23. The fourth-order valence-electron chi connectivity index (χ4n) is 3.16. The van der Waals surface area contributed by atoms with Gasteiger partial charge in [0.2, 0.25) is 10.0 Å². The number of hydrogen-bond acceptors (Lipinski definition) is 4. The minimum Gasteiger partial charge on any atom is -0.336 e. The molecule has 144 valence electrons. The first kappa shape index (κ1) is 19.5. The number of carbonyl (C=O) groups is 1. The lowest BCUT2D eigenvalue weighted by molar-refractivity contribution is 0.0697. The summed E-state index contributed by atoms with van der Waals surface area (Å²) in [5.41, 5.74) is 1.66. The summed E-state index contributed by atoms with van der Waals surface area (Å²) >= 11 is 0. The van der Waals surface area contributed by atoms with E-state index in [1.165, 1.54) is 10.5 Å². The Morgan fingerprint density at radius 3 is 2.33 bits per heavy atom. The van der Waals surface area contributed by atoms with Gasteiger partial charge in [-0.05, 0) is 42.2 Å². The average molecular weight is 388 g/mol. The normalized spacial score (nSPS) is 16.9. The number of nitrogens with zero attached hydrogens (tertiary/aromatic N) is 3. The van der Waals surface area contributed by atoms with Gasteiger partial charge in [0.25, 0.3) is 5.91 Å². The average Bonchev–Trinajstić information content (AvgIpc) is 2.73. The number of piperazine rings is 1. The van der Waals surface area contributed by atoms with Gasteiger partial charge < -0.3 is 4.90 Å². The van der Waals surface area contributed by atoms with E-state index >= 15 is 0 Å². The Balaban J connectivity index is 1.67. The summed E-state index contributed by atoms with van der Waals surface area (Å²) in [5, 5.41) is 0. The molecule has 1 aromatic carbocycles. The zero-order valence-electron chi connectivity index (χ0n) is 15.7. The van der Waals surface area contributed by atoms with Crippen molar-refractivity contribution in [3.8, 4) is 0 Å². The summed E-state index contributed by atoms with van der Waals surface area (Å²) in [6.07, 6.45) is 4.16. The van der Waals surface area contributed by atoms with Crippen molar-refractivity contribution in [1.29, 1.82) is 0 Å². The summed E-state index contributed by atoms with van der Waals surface area (Å²) in [6.45, 7) is 5.57. The van der Waals surface area contributed by atoms with Gasteiger partial charge in [0.1, 0.15) is 0 Å². The van der Waals surface area contributed by atoms with Gasteiger partial charge in [-0.1, -0.05) is 26.0 Å². The fourth-order valence-corrected chi connectivity index (χ4v) is 4.58. The Labute approximate surface area is 160 Å². The third-order valence-electron chi connectivity index (χ3n) is 5.13. The number of hydrogen-bond donors (Lipinski definition) is 0. The Bertz CT molecular complexity index is 874. The number of amides is 1. The number of rotatable bonds is 5. The molecule has 0 N–H and O–H groups in total. The van der Waals surface area contributed by atoms with Crippen molar-refractivity contribution in [2.75, 3.05) is 26.2 Å². The monoisotopic (exact) mass is 387 g/mol. The zero-order chi connectivity index (χ0) is 19.4. The molecule has 7 heteroatoms. The summed E-state index contributed by atoms with van der Waals surface area (Å²) in [6, 6.07) is 10.6. The Hall–Kier alpha value is -2.25. The van der Waals surface area contributed by atoms with Crippen LogP contribution in [0, 0.1) is 0 Å². The van der Waals surface area contributed by atoms with Crippen molar-refractivity contribution in [1.82, 2.24) is 14.2 Å². The first-order valence-electron chi connectivity index (χ1n) is 9.23. The summed E-state index contributed by atoms with van der Waals surface area (Å²) in [7, 11) is -3.54. The molecule has 2 heterocycles. The van der Waals surface area contributed by atoms with Crippen molar-refractivity contribution < 1.29 is 13.2 Å². The van der Waals surface area contributed by atoms with Crippen LogP contribution in [0.25, 0.3) is 0 Å². The highest BCUT2D eigenvalue weighted by molar-refractivity contribution is 7.89. The summed E-state index contributed by atoms with van der Waals surface area (Å²) < 4.78 is 27.3. The molecule has 1 saturated heterocycles. The highest BCUT2D eigenvalue weighted by Gasteiger charge is 2.30. The summed E-state index contributed by atoms with van der Waals surface area (Å²) in [4.78, 5) is 18.4. The van der Waals surface area contributed by atoms with Gasteiger partial charge in [0, 0.05) is 38.6 Å². The van der Waals surface area contributed by atoms with Crippen LogP contribution in [-0.2, 0) is 10.0 Å². The van der Waals surface area contributed by atoms with Crippen molar-refractivity contribution in [2.45, 2.75) is 31.1 Å². The molecule has 27 heavy (non-hydrogen) atoms. The van der Waals surface area contributed by atoms with Crippen molar-refractivity contribution in [3.63, 3.8) is 0 Å². The van der Waals surface area contributed by atoms with Crippen LogP contribution in [0.1, 0.15) is 42.1 Å². The van der Waals surface area contributed by atoms with E-state index < -0.39 is 10.0 Å². The van der Waals surface area contributed by atoms with Gasteiger partial charge in [-0.15, -0.1) is 0 Å². The van der Waals surface area contributed by atoms with E-state index in [0.717, 1.165) is 12.0 Å². The second-order valence-electron chi connectivity index (χ2n) is 6.82. The lowest BCUT2D eigenvalue weighted by Gasteiger charge is -2.34. The van der Waals surface area contributed by atoms with Crippen LogP contribution in [0.4, 0.5) is 0 Å². The number of pyridine rings is 1. The van der Waals surface area contributed by atoms with Gasteiger partial charge >= 0.3 is 0 Å². The predicted octanol–water partition coefficient (Wildman–Crippen LogP) is 2.74. The molecule has 0 radical (unpaired) electrons. The minimum atomic E-state index is -3.54. The van der Waals surface area contributed by atoms with Gasteiger partial charge in [-0.25, -0.2) is 8.42 Å². The van der Waals surface area contributed by atoms with Crippen molar-refractivity contribution in [3.05, 3.63) is 59.9 Å². The zero-order valence-corrected chi connectivity index (χ0v) is 16.5. The second kappa shape index (κ2) is 8.19. The minimum absolute atomic E-state index is 0.113. The van der Waals surface area contributed by atoms with E-state index in [1.54, 1.807) is 35.4 Å². The van der Waals surface area contributed by atoms with Crippen LogP contribution in [0.5, 0.6) is 0 Å². The fraction of sp³-hybridized carbons (Fsp3) is 0.400. The van der Waals surface area contributed by atoms with E-state index in [1.807, 2.05) is 12.1 Å². The maximum atomic E-state index is 12.9. The molecule has 1 atom stereocenters. The van der Waals surface area contributed by atoms with Gasteiger partial charge in [0.15, 0.2) is 0 Å². The molecule has 1 amide bonds. The molecule has 1 unspecified atom stereocenters. The quantitative estimate of drug-likeness (QED) is 0.791. The largest absolute Gasteiger partial charge is 0.336 e. The first-order valence-corrected chi connectivity index (χ1v) is 10.7. The number of sulfonamides is 1. The maximum absolute atomic E-state index is 12.9. The van der Waals surface area contributed by atoms with E-state index in [4.69, 9.17) is 0 Å². The van der Waals surface area contributed by atoms with Crippen molar-refractivity contribution >= 4 is 15.9 Å².